The fourth-order valence-corrected chi connectivity index (χ4v) is 1.49. The van der Waals surface area contributed by atoms with Crippen LogP contribution in [0, 0.1) is 16.0 Å². The summed E-state index contributed by atoms with van der Waals surface area (Å²) in [4.78, 5) is 10.3. The Morgan fingerprint density at radius 2 is 2.18 bits per heavy atom. The number of nitrogens with zero attached hydrogens (tertiary/aromatic N) is 1. The first-order valence-corrected chi connectivity index (χ1v) is 5.56. The van der Waals surface area contributed by atoms with Gasteiger partial charge in [0.15, 0.2) is 5.75 Å². The molecule has 0 bridgehead atoms. The maximum atomic E-state index is 10.7. The minimum atomic E-state index is -0.440. The van der Waals surface area contributed by atoms with E-state index in [2.05, 4.69) is 19.2 Å². The van der Waals surface area contributed by atoms with Crippen LogP contribution in [-0.4, -0.2) is 18.6 Å². The van der Waals surface area contributed by atoms with Crippen molar-refractivity contribution in [3.8, 4) is 5.75 Å². The molecule has 1 rings (SSSR count). The van der Waals surface area contributed by atoms with Gasteiger partial charge in [0, 0.05) is 12.6 Å². The lowest BCUT2D eigenvalue weighted by Crippen LogP contribution is -2.18. The lowest BCUT2D eigenvalue weighted by molar-refractivity contribution is -0.385. The van der Waals surface area contributed by atoms with Gasteiger partial charge in [0.1, 0.15) is 0 Å². The smallest absolute Gasteiger partial charge is 0.310 e. The maximum absolute atomic E-state index is 10.7. The van der Waals surface area contributed by atoms with Gasteiger partial charge in [0.2, 0.25) is 0 Å². The molecular weight excluding hydrogens is 220 g/mol. The molecule has 5 nitrogen and oxygen atoms in total. The van der Waals surface area contributed by atoms with Crippen molar-refractivity contribution < 1.29 is 9.66 Å². The number of hydrogen-bond acceptors (Lipinski definition) is 4. The molecule has 5 heteroatoms. The van der Waals surface area contributed by atoms with Gasteiger partial charge in [-0.15, -0.1) is 0 Å². The normalized spacial score (nSPS) is 10.6. The van der Waals surface area contributed by atoms with Gasteiger partial charge in [-0.05, 0) is 24.1 Å². The summed E-state index contributed by atoms with van der Waals surface area (Å²) < 4.78 is 5.01. The quantitative estimate of drug-likeness (QED) is 0.610. The highest BCUT2D eigenvalue weighted by Gasteiger charge is 2.14. The van der Waals surface area contributed by atoms with Gasteiger partial charge in [-0.25, -0.2) is 0 Å². The number of ether oxygens (including phenoxy) is 1. The van der Waals surface area contributed by atoms with Crippen molar-refractivity contribution in [3.63, 3.8) is 0 Å². The lowest BCUT2D eigenvalue weighted by Gasteiger charge is -2.08. The van der Waals surface area contributed by atoms with Crippen molar-refractivity contribution in [1.29, 1.82) is 0 Å². The van der Waals surface area contributed by atoms with Gasteiger partial charge in [0.25, 0.3) is 0 Å². The molecule has 94 valence electrons. The number of nitrogens with one attached hydrogen (secondary N) is 1. The Hall–Kier alpha value is -1.62. The van der Waals surface area contributed by atoms with Crippen LogP contribution in [0.2, 0.25) is 0 Å². The summed E-state index contributed by atoms with van der Waals surface area (Å²) in [6.45, 7) is 5.86. The Balaban J connectivity index is 2.72. The van der Waals surface area contributed by atoms with Crippen LogP contribution in [0.4, 0.5) is 5.69 Å². The second kappa shape index (κ2) is 6.20. The molecule has 0 aliphatic rings. The summed E-state index contributed by atoms with van der Waals surface area (Å²) in [6.07, 6.45) is 0. The average Bonchev–Trinajstić information content (AvgIpc) is 2.28. The summed E-state index contributed by atoms with van der Waals surface area (Å²) in [7, 11) is 1.44. The standard InChI is InChI=1S/C12H18N2O3/c1-9(2)7-13-8-10-4-5-11(14(15)16)12(6-10)17-3/h4-6,9,13H,7-8H2,1-3H3. The zero-order valence-electron chi connectivity index (χ0n) is 10.4. The van der Waals surface area contributed by atoms with E-state index in [1.807, 2.05) is 0 Å². The molecule has 0 aromatic heterocycles. The second-order valence-electron chi connectivity index (χ2n) is 4.29. The van der Waals surface area contributed by atoms with E-state index in [1.165, 1.54) is 13.2 Å². The van der Waals surface area contributed by atoms with Gasteiger partial charge in [-0.2, -0.15) is 0 Å². The summed E-state index contributed by atoms with van der Waals surface area (Å²) in [5.74, 6) is 0.883. The molecular formula is C12H18N2O3. The van der Waals surface area contributed by atoms with Gasteiger partial charge in [-0.1, -0.05) is 19.9 Å². The number of nitro benzene ring substituents is 1. The van der Waals surface area contributed by atoms with E-state index in [1.54, 1.807) is 12.1 Å². The highest BCUT2D eigenvalue weighted by Crippen LogP contribution is 2.27. The van der Waals surface area contributed by atoms with Crippen LogP contribution in [0.5, 0.6) is 5.75 Å². The molecule has 1 aromatic rings. The predicted molar refractivity (Wildman–Crippen MR) is 66.2 cm³/mol. The van der Waals surface area contributed by atoms with Crippen LogP contribution in [-0.2, 0) is 6.54 Å². The Labute approximate surface area is 101 Å². The zero-order valence-corrected chi connectivity index (χ0v) is 10.4. The highest BCUT2D eigenvalue weighted by atomic mass is 16.6. The Morgan fingerprint density at radius 3 is 2.71 bits per heavy atom. The van der Waals surface area contributed by atoms with Crippen molar-refractivity contribution in [2.24, 2.45) is 5.92 Å². The molecule has 0 unspecified atom stereocenters. The maximum Gasteiger partial charge on any atom is 0.310 e. The molecule has 17 heavy (non-hydrogen) atoms. The van der Waals surface area contributed by atoms with E-state index in [-0.39, 0.29) is 5.69 Å². The highest BCUT2D eigenvalue weighted by molar-refractivity contribution is 5.48. The molecule has 1 aromatic carbocycles. The third-order valence-electron chi connectivity index (χ3n) is 2.32. The number of rotatable bonds is 6. The zero-order chi connectivity index (χ0) is 12.8. The summed E-state index contributed by atoms with van der Waals surface area (Å²) in [5.41, 5.74) is 0.980. The van der Waals surface area contributed by atoms with Crippen LogP contribution in [0.3, 0.4) is 0 Å². The number of hydrogen-bond donors (Lipinski definition) is 1. The molecule has 0 amide bonds. The monoisotopic (exact) mass is 238 g/mol. The third kappa shape index (κ3) is 4.03. The first kappa shape index (κ1) is 13.4. The first-order valence-electron chi connectivity index (χ1n) is 5.56. The van der Waals surface area contributed by atoms with Crippen molar-refractivity contribution in [1.82, 2.24) is 5.32 Å². The van der Waals surface area contributed by atoms with E-state index in [9.17, 15) is 10.1 Å². The third-order valence-corrected chi connectivity index (χ3v) is 2.32. The van der Waals surface area contributed by atoms with E-state index in [0.29, 0.717) is 18.2 Å². The summed E-state index contributed by atoms with van der Waals surface area (Å²) in [6, 6.07) is 4.92. The lowest BCUT2D eigenvalue weighted by atomic mass is 10.1. The number of methoxy groups -OCH3 is 1. The molecule has 0 atom stereocenters. The molecule has 0 fully saturated rings. The van der Waals surface area contributed by atoms with Crippen LogP contribution in [0.15, 0.2) is 18.2 Å². The topological polar surface area (TPSA) is 64.4 Å². The van der Waals surface area contributed by atoms with Gasteiger partial charge in [0.05, 0.1) is 12.0 Å². The van der Waals surface area contributed by atoms with Gasteiger partial charge in [-0.3, -0.25) is 10.1 Å². The van der Waals surface area contributed by atoms with E-state index < -0.39 is 4.92 Å². The fourth-order valence-electron chi connectivity index (χ4n) is 1.49. The van der Waals surface area contributed by atoms with E-state index in [4.69, 9.17) is 4.74 Å². The van der Waals surface area contributed by atoms with Crippen LogP contribution < -0.4 is 10.1 Å². The van der Waals surface area contributed by atoms with Gasteiger partial charge >= 0.3 is 5.69 Å². The minimum absolute atomic E-state index is 0.000101. The molecule has 0 spiro atoms. The molecule has 0 saturated carbocycles. The number of benzene rings is 1. The van der Waals surface area contributed by atoms with E-state index in [0.717, 1.165) is 12.1 Å². The summed E-state index contributed by atoms with van der Waals surface area (Å²) >= 11 is 0. The fraction of sp³-hybridized carbons (Fsp3) is 0.500. The van der Waals surface area contributed by atoms with Crippen molar-refractivity contribution in [3.05, 3.63) is 33.9 Å². The Morgan fingerprint density at radius 1 is 1.47 bits per heavy atom. The van der Waals surface area contributed by atoms with Gasteiger partial charge < -0.3 is 10.1 Å². The van der Waals surface area contributed by atoms with Crippen molar-refractivity contribution in [2.45, 2.75) is 20.4 Å². The largest absolute Gasteiger partial charge is 0.490 e. The predicted octanol–water partition coefficient (Wildman–Crippen LogP) is 2.35. The molecule has 0 radical (unpaired) electrons. The molecule has 0 saturated heterocycles. The van der Waals surface area contributed by atoms with Crippen molar-refractivity contribution in [2.75, 3.05) is 13.7 Å². The van der Waals surface area contributed by atoms with Crippen LogP contribution in [0.25, 0.3) is 0 Å². The SMILES string of the molecule is COc1cc(CNCC(C)C)ccc1[N+](=O)[O-]. The van der Waals surface area contributed by atoms with Crippen LogP contribution in [0.1, 0.15) is 19.4 Å². The first-order chi connectivity index (χ1) is 8.04. The average molecular weight is 238 g/mol. The Kier molecular flexibility index (Phi) is 4.90. The minimum Gasteiger partial charge on any atom is -0.490 e. The molecule has 0 aliphatic heterocycles. The van der Waals surface area contributed by atoms with Crippen LogP contribution >= 0.6 is 0 Å². The van der Waals surface area contributed by atoms with Crippen molar-refractivity contribution >= 4 is 5.69 Å². The molecule has 0 heterocycles. The Bertz CT molecular complexity index is 391. The molecule has 1 N–H and O–H groups in total. The summed E-state index contributed by atoms with van der Waals surface area (Å²) in [5, 5.41) is 14.0. The van der Waals surface area contributed by atoms with E-state index >= 15 is 0 Å². The molecule has 0 aliphatic carbocycles. The second-order valence-corrected chi connectivity index (χ2v) is 4.29. The number of nitro groups is 1.